The SMILES string of the molecule is CCCNCCNC(=O)CCc1c(C)nc2ncnn2c1C. The summed E-state index contributed by atoms with van der Waals surface area (Å²) in [6, 6.07) is 0. The summed E-state index contributed by atoms with van der Waals surface area (Å²) < 4.78 is 1.72. The molecule has 2 rings (SSSR count). The van der Waals surface area contributed by atoms with Crippen LogP contribution in [0.2, 0.25) is 0 Å². The van der Waals surface area contributed by atoms with Gasteiger partial charge in [0, 0.05) is 30.9 Å². The molecule has 0 radical (unpaired) electrons. The van der Waals surface area contributed by atoms with Crippen LogP contribution in [0.25, 0.3) is 5.78 Å². The number of aryl methyl sites for hydroxylation is 2. The Morgan fingerprint density at radius 3 is 2.86 bits per heavy atom. The number of fused-ring (bicyclic) bond motifs is 1. The zero-order valence-electron chi connectivity index (χ0n) is 13.5. The van der Waals surface area contributed by atoms with Crippen molar-refractivity contribution < 1.29 is 4.79 Å². The monoisotopic (exact) mass is 304 g/mol. The summed E-state index contributed by atoms with van der Waals surface area (Å²) in [4.78, 5) is 20.4. The molecule has 7 heteroatoms. The largest absolute Gasteiger partial charge is 0.355 e. The zero-order valence-corrected chi connectivity index (χ0v) is 13.5. The Bertz CT molecular complexity index is 636. The molecule has 1 amide bonds. The van der Waals surface area contributed by atoms with Crippen molar-refractivity contribution in [1.82, 2.24) is 30.2 Å². The van der Waals surface area contributed by atoms with Gasteiger partial charge in [-0.05, 0) is 38.8 Å². The fourth-order valence-electron chi connectivity index (χ4n) is 2.44. The maximum absolute atomic E-state index is 11.9. The lowest BCUT2D eigenvalue weighted by molar-refractivity contribution is -0.121. The highest BCUT2D eigenvalue weighted by atomic mass is 16.1. The van der Waals surface area contributed by atoms with Crippen LogP contribution in [0.3, 0.4) is 0 Å². The summed E-state index contributed by atoms with van der Waals surface area (Å²) in [7, 11) is 0. The zero-order chi connectivity index (χ0) is 15.9. The van der Waals surface area contributed by atoms with E-state index < -0.39 is 0 Å². The average molecular weight is 304 g/mol. The number of hydrogen-bond donors (Lipinski definition) is 2. The molecule has 0 unspecified atom stereocenters. The Balaban J connectivity index is 1.87. The smallest absolute Gasteiger partial charge is 0.252 e. The van der Waals surface area contributed by atoms with E-state index in [1.165, 1.54) is 6.33 Å². The van der Waals surface area contributed by atoms with Crippen LogP contribution in [0.5, 0.6) is 0 Å². The summed E-state index contributed by atoms with van der Waals surface area (Å²) in [5.74, 6) is 0.668. The number of hydrogen-bond acceptors (Lipinski definition) is 5. The fraction of sp³-hybridized carbons (Fsp3) is 0.600. The first-order chi connectivity index (χ1) is 10.6. The molecule has 2 aromatic rings. The Kier molecular flexibility index (Phi) is 5.83. The highest BCUT2D eigenvalue weighted by molar-refractivity contribution is 5.76. The van der Waals surface area contributed by atoms with Crippen molar-refractivity contribution in [2.75, 3.05) is 19.6 Å². The lowest BCUT2D eigenvalue weighted by Crippen LogP contribution is -2.32. The number of amides is 1. The van der Waals surface area contributed by atoms with Crippen molar-refractivity contribution in [1.29, 1.82) is 0 Å². The summed E-state index contributed by atoms with van der Waals surface area (Å²) in [5.41, 5.74) is 2.98. The van der Waals surface area contributed by atoms with E-state index >= 15 is 0 Å². The highest BCUT2D eigenvalue weighted by Gasteiger charge is 2.12. The molecule has 2 N–H and O–H groups in total. The van der Waals surface area contributed by atoms with Gasteiger partial charge in [0.1, 0.15) is 6.33 Å². The van der Waals surface area contributed by atoms with Crippen LogP contribution in [0.4, 0.5) is 0 Å². The summed E-state index contributed by atoms with van der Waals surface area (Å²) in [6.45, 7) is 8.51. The van der Waals surface area contributed by atoms with Crippen LogP contribution < -0.4 is 10.6 Å². The molecular weight excluding hydrogens is 280 g/mol. The van der Waals surface area contributed by atoms with E-state index in [9.17, 15) is 4.79 Å². The van der Waals surface area contributed by atoms with Crippen molar-refractivity contribution in [3.63, 3.8) is 0 Å². The van der Waals surface area contributed by atoms with Gasteiger partial charge >= 0.3 is 0 Å². The Morgan fingerprint density at radius 2 is 2.09 bits per heavy atom. The van der Waals surface area contributed by atoms with E-state index in [1.807, 2.05) is 13.8 Å². The number of carbonyl (C=O) groups is 1. The minimum atomic E-state index is 0.0655. The normalized spacial score (nSPS) is 11.0. The van der Waals surface area contributed by atoms with E-state index in [1.54, 1.807) is 4.52 Å². The lowest BCUT2D eigenvalue weighted by Gasteiger charge is -2.10. The summed E-state index contributed by atoms with van der Waals surface area (Å²) in [5, 5.41) is 10.3. The van der Waals surface area contributed by atoms with Gasteiger partial charge < -0.3 is 10.6 Å². The van der Waals surface area contributed by atoms with Gasteiger partial charge in [0.15, 0.2) is 0 Å². The molecule has 2 aromatic heterocycles. The van der Waals surface area contributed by atoms with Gasteiger partial charge in [0.25, 0.3) is 5.78 Å². The number of nitrogens with one attached hydrogen (secondary N) is 2. The van der Waals surface area contributed by atoms with Gasteiger partial charge in [-0.1, -0.05) is 6.92 Å². The van der Waals surface area contributed by atoms with E-state index in [-0.39, 0.29) is 5.91 Å². The van der Waals surface area contributed by atoms with Crippen LogP contribution in [-0.4, -0.2) is 45.1 Å². The molecule has 0 atom stereocenters. The second-order valence-electron chi connectivity index (χ2n) is 5.33. The molecule has 0 aliphatic heterocycles. The summed E-state index contributed by atoms with van der Waals surface area (Å²) >= 11 is 0. The molecule has 0 aliphatic carbocycles. The molecule has 22 heavy (non-hydrogen) atoms. The van der Waals surface area contributed by atoms with Gasteiger partial charge in [-0.3, -0.25) is 4.79 Å². The van der Waals surface area contributed by atoms with Crippen LogP contribution in [-0.2, 0) is 11.2 Å². The number of carbonyl (C=O) groups excluding carboxylic acids is 1. The third-order valence-corrected chi connectivity index (χ3v) is 3.64. The predicted molar refractivity (Wildman–Crippen MR) is 84.7 cm³/mol. The van der Waals surface area contributed by atoms with Crippen molar-refractivity contribution in [2.45, 2.75) is 40.0 Å². The standard InChI is InChI=1S/C15H24N6O/c1-4-7-16-8-9-17-14(22)6-5-13-11(2)20-15-18-10-19-21(15)12(13)3/h10,16H,4-9H2,1-3H3,(H,17,22). The second kappa shape index (κ2) is 7.84. The molecule has 0 spiro atoms. The van der Waals surface area contributed by atoms with Crippen molar-refractivity contribution in [3.05, 3.63) is 23.3 Å². The first-order valence-electron chi connectivity index (χ1n) is 7.76. The van der Waals surface area contributed by atoms with Gasteiger partial charge in [0.2, 0.25) is 5.91 Å². The minimum Gasteiger partial charge on any atom is -0.355 e. The van der Waals surface area contributed by atoms with E-state index in [4.69, 9.17) is 0 Å². The second-order valence-corrected chi connectivity index (χ2v) is 5.33. The fourth-order valence-corrected chi connectivity index (χ4v) is 2.44. The van der Waals surface area contributed by atoms with E-state index in [0.29, 0.717) is 25.2 Å². The number of rotatable bonds is 8. The molecule has 0 saturated carbocycles. The molecule has 120 valence electrons. The van der Waals surface area contributed by atoms with Crippen LogP contribution in [0.1, 0.15) is 36.7 Å². The molecule has 0 aromatic carbocycles. The van der Waals surface area contributed by atoms with Crippen LogP contribution in [0.15, 0.2) is 6.33 Å². The average Bonchev–Trinajstić information content (AvgIpc) is 2.95. The molecule has 7 nitrogen and oxygen atoms in total. The Hall–Kier alpha value is -2.02. The number of nitrogens with zero attached hydrogens (tertiary/aromatic N) is 4. The third kappa shape index (κ3) is 4.00. The first kappa shape index (κ1) is 16.4. The van der Waals surface area contributed by atoms with Gasteiger partial charge in [-0.2, -0.15) is 10.1 Å². The van der Waals surface area contributed by atoms with Gasteiger partial charge in [0.05, 0.1) is 0 Å². The molecular formula is C15H24N6O. The lowest BCUT2D eigenvalue weighted by atomic mass is 10.1. The summed E-state index contributed by atoms with van der Waals surface area (Å²) in [6.07, 6.45) is 3.71. The topological polar surface area (TPSA) is 84.2 Å². The predicted octanol–water partition coefficient (Wildman–Crippen LogP) is 0.790. The van der Waals surface area contributed by atoms with Gasteiger partial charge in [-0.25, -0.2) is 9.50 Å². The molecule has 2 heterocycles. The first-order valence-corrected chi connectivity index (χ1v) is 7.76. The molecule has 0 aliphatic rings. The van der Waals surface area contributed by atoms with Crippen molar-refractivity contribution in [2.24, 2.45) is 0 Å². The quantitative estimate of drug-likeness (QED) is 0.704. The van der Waals surface area contributed by atoms with E-state index in [2.05, 4.69) is 32.6 Å². The maximum Gasteiger partial charge on any atom is 0.252 e. The molecule has 0 bridgehead atoms. The third-order valence-electron chi connectivity index (χ3n) is 3.64. The Labute approximate surface area is 130 Å². The highest BCUT2D eigenvalue weighted by Crippen LogP contribution is 2.14. The van der Waals surface area contributed by atoms with Crippen LogP contribution >= 0.6 is 0 Å². The molecule has 0 saturated heterocycles. The molecule has 0 fully saturated rings. The van der Waals surface area contributed by atoms with Crippen LogP contribution in [0, 0.1) is 13.8 Å². The minimum absolute atomic E-state index is 0.0655. The van der Waals surface area contributed by atoms with Crippen molar-refractivity contribution in [3.8, 4) is 0 Å². The number of aromatic nitrogens is 4. The van der Waals surface area contributed by atoms with Gasteiger partial charge in [-0.15, -0.1) is 0 Å². The van der Waals surface area contributed by atoms with Crippen molar-refractivity contribution >= 4 is 11.7 Å². The Morgan fingerprint density at radius 1 is 1.27 bits per heavy atom. The van der Waals surface area contributed by atoms with E-state index in [0.717, 1.165) is 36.5 Å². The maximum atomic E-state index is 11.9.